The summed E-state index contributed by atoms with van der Waals surface area (Å²) in [5, 5.41) is 3.26. The van der Waals surface area contributed by atoms with E-state index in [0.717, 1.165) is 0 Å². The van der Waals surface area contributed by atoms with Gasteiger partial charge in [0.1, 0.15) is 17.4 Å². The molecule has 0 amide bonds. The van der Waals surface area contributed by atoms with Crippen LogP contribution in [0.4, 0.5) is 14.5 Å². The summed E-state index contributed by atoms with van der Waals surface area (Å²) in [6.07, 6.45) is 0. The van der Waals surface area contributed by atoms with Crippen LogP contribution >= 0.6 is 11.6 Å². The largest absolute Gasteiger partial charge is 0.497 e. The lowest BCUT2D eigenvalue weighted by Gasteiger charge is -2.20. The van der Waals surface area contributed by atoms with Gasteiger partial charge in [-0.2, -0.15) is 0 Å². The molecular weight excluding hydrogens is 298 g/mol. The first kappa shape index (κ1) is 15.5. The minimum atomic E-state index is -0.606. The quantitative estimate of drug-likeness (QED) is 0.884. The second-order valence-electron chi connectivity index (χ2n) is 4.44. The smallest absolute Gasteiger partial charge is 0.146 e. The van der Waals surface area contributed by atoms with Gasteiger partial charge in [0, 0.05) is 23.2 Å². The minimum absolute atomic E-state index is 0.0773. The van der Waals surface area contributed by atoms with Crippen molar-refractivity contribution >= 4 is 17.3 Å². The Morgan fingerprint density at radius 1 is 1.19 bits per heavy atom. The molecule has 0 aliphatic rings. The van der Waals surface area contributed by atoms with Crippen molar-refractivity contribution < 1.29 is 13.5 Å². The summed E-state index contributed by atoms with van der Waals surface area (Å²) in [5.74, 6) is -0.441. The van der Waals surface area contributed by atoms with E-state index >= 15 is 0 Å². The van der Waals surface area contributed by atoms with Gasteiger partial charge in [0.05, 0.1) is 18.8 Å². The molecule has 6 heteroatoms. The van der Waals surface area contributed by atoms with Gasteiger partial charge in [-0.1, -0.05) is 11.6 Å². The Balaban J connectivity index is 2.33. The number of methoxy groups -OCH3 is 1. The highest BCUT2D eigenvalue weighted by Crippen LogP contribution is 2.27. The van der Waals surface area contributed by atoms with Crippen LogP contribution in [0.5, 0.6) is 5.75 Å². The lowest BCUT2D eigenvalue weighted by molar-refractivity contribution is 0.414. The number of hydrogen-bond acceptors (Lipinski definition) is 3. The third-order valence-electron chi connectivity index (χ3n) is 3.07. The van der Waals surface area contributed by atoms with E-state index in [1.54, 1.807) is 0 Å². The third-order valence-corrected chi connectivity index (χ3v) is 3.31. The van der Waals surface area contributed by atoms with Crippen molar-refractivity contribution in [1.82, 2.24) is 0 Å². The molecule has 0 radical (unpaired) electrons. The van der Waals surface area contributed by atoms with Crippen LogP contribution in [-0.4, -0.2) is 13.7 Å². The van der Waals surface area contributed by atoms with Crippen LogP contribution in [0.25, 0.3) is 0 Å². The van der Waals surface area contributed by atoms with Crippen molar-refractivity contribution in [3.63, 3.8) is 0 Å². The minimum Gasteiger partial charge on any atom is -0.497 e. The molecule has 0 aromatic heterocycles. The first-order valence-electron chi connectivity index (χ1n) is 6.30. The van der Waals surface area contributed by atoms with Crippen LogP contribution in [-0.2, 0) is 0 Å². The van der Waals surface area contributed by atoms with E-state index < -0.39 is 17.7 Å². The molecule has 2 rings (SSSR count). The molecule has 0 saturated heterocycles. The summed E-state index contributed by atoms with van der Waals surface area (Å²) in [6.45, 7) is 0.0773. The Bertz CT molecular complexity index is 637. The van der Waals surface area contributed by atoms with E-state index in [1.165, 1.54) is 43.5 Å². The van der Waals surface area contributed by atoms with Crippen LogP contribution in [0.1, 0.15) is 11.6 Å². The maximum absolute atomic E-state index is 13.9. The number of halogens is 3. The van der Waals surface area contributed by atoms with Gasteiger partial charge in [0.15, 0.2) is 0 Å². The lowest BCUT2D eigenvalue weighted by atomic mass is 10.1. The highest BCUT2D eigenvalue weighted by molar-refractivity contribution is 6.30. The molecule has 3 N–H and O–H groups in total. The fraction of sp³-hybridized carbons (Fsp3) is 0.200. The van der Waals surface area contributed by atoms with E-state index in [-0.39, 0.29) is 17.8 Å². The molecule has 0 aliphatic heterocycles. The van der Waals surface area contributed by atoms with Crippen LogP contribution in [0.15, 0.2) is 36.4 Å². The molecular formula is C15H15ClF2N2O. The maximum Gasteiger partial charge on any atom is 0.146 e. The molecule has 0 bridgehead atoms. The molecule has 0 heterocycles. The zero-order chi connectivity index (χ0) is 15.4. The number of nitrogens with two attached hydrogens (primary N) is 1. The average molecular weight is 313 g/mol. The predicted octanol–water partition coefficient (Wildman–Crippen LogP) is 3.74. The molecule has 1 unspecified atom stereocenters. The maximum atomic E-state index is 13.9. The van der Waals surface area contributed by atoms with Crippen molar-refractivity contribution in [3.05, 3.63) is 58.6 Å². The van der Waals surface area contributed by atoms with Crippen molar-refractivity contribution in [2.45, 2.75) is 6.04 Å². The fourth-order valence-electron chi connectivity index (χ4n) is 1.97. The zero-order valence-electron chi connectivity index (χ0n) is 11.4. The second-order valence-corrected chi connectivity index (χ2v) is 4.88. The molecule has 3 nitrogen and oxygen atoms in total. The van der Waals surface area contributed by atoms with Crippen LogP contribution in [0.2, 0.25) is 5.02 Å². The van der Waals surface area contributed by atoms with Crippen LogP contribution < -0.4 is 15.8 Å². The summed E-state index contributed by atoms with van der Waals surface area (Å²) in [7, 11) is 1.48. The molecule has 112 valence electrons. The second kappa shape index (κ2) is 6.74. The number of hydrogen-bond donors (Lipinski definition) is 2. The molecule has 1 atom stereocenters. The van der Waals surface area contributed by atoms with Crippen molar-refractivity contribution in [2.24, 2.45) is 5.73 Å². The summed E-state index contributed by atoms with van der Waals surface area (Å²) < 4.78 is 32.7. The Labute approximate surface area is 126 Å². The van der Waals surface area contributed by atoms with E-state index in [4.69, 9.17) is 22.1 Å². The topological polar surface area (TPSA) is 47.3 Å². The first-order valence-corrected chi connectivity index (χ1v) is 6.68. The predicted molar refractivity (Wildman–Crippen MR) is 79.8 cm³/mol. The average Bonchev–Trinajstić information content (AvgIpc) is 2.49. The molecule has 2 aromatic carbocycles. The standard InChI is InChI=1S/C15H15ClF2N2O/c1-21-10-3-5-13(18)14(7-10)20-15(8-19)11-6-9(16)2-4-12(11)17/h2-7,15,20H,8,19H2,1H3. The summed E-state index contributed by atoms with van der Waals surface area (Å²) in [5.41, 5.74) is 6.14. The molecule has 0 fully saturated rings. The Morgan fingerprint density at radius 2 is 1.90 bits per heavy atom. The third kappa shape index (κ3) is 3.62. The highest BCUT2D eigenvalue weighted by atomic mass is 35.5. The Kier molecular flexibility index (Phi) is 4.98. The SMILES string of the molecule is COc1ccc(F)c(NC(CN)c2cc(Cl)ccc2F)c1. The van der Waals surface area contributed by atoms with Gasteiger partial charge < -0.3 is 15.8 Å². The van der Waals surface area contributed by atoms with Crippen LogP contribution in [0.3, 0.4) is 0 Å². The zero-order valence-corrected chi connectivity index (χ0v) is 12.1. The van der Waals surface area contributed by atoms with Gasteiger partial charge in [-0.05, 0) is 30.3 Å². The molecule has 0 saturated carbocycles. The van der Waals surface area contributed by atoms with Crippen LogP contribution in [0, 0.1) is 11.6 Å². The van der Waals surface area contributed by atoms with Crippen molar-refractivity contribution in [1.29, 1.82) is 0 Å². The molecule has 0 aliphatic carbocycles. The Morgan fingerprint density at radius 3 is 2.57 bits per heavy atom. The van der Waals surface area contributed by atoms with E-state index in [2.05, 4.69) is 5.32 Å². The molecule has 0 spiro atoms. The molecule has 2 aromatic rings. The monoisotopic (exact) mass is 312 g/mol. The van der Waals surface area contributed by atoms with E-state index in [9.17, 15) is 8.78 Å². The van der Waals surface area contributed by atoms with Gasteiger partial charge in [-0.3, -0.25) is 0 Å². The number of anilines is 1. The highest BCUT2D eigenvalue weighted by Gasteiger charge is 2.17. The number of ether oxygens (including phenoxy) is 1. The number of benzene rings is 2. The van der Waals surface area contributed by atoms with Gasteiger partial charge in [0.25, 0.3) is 0 Å². The van der Waals surface area contributed by atoms with Gasteiger partial charge in [-0.15, -0.1) is 0 Å². The van der Waals surface area contributed by atoms with Crippen molar-refractivity contribution in [3.8, 4) is 5.75 Å². The number of rotatable bonds is 5. The summed E-state index contributed by atoms with van der Waals surface area (Å²) in [4.78, 5) is 0. The van der Waals surface area contributed by atoms with Gasteiger partial charge in [-0.25, -0.2) is 8.78 Å². The summed E-state index contributed by atoms with van der Waals surface area (Å²) >= 11 is 5.87. The normalized spacial score (nSPS) is 12.0. The fourth-order valence-corrected chi connectivity index (χ4v) is 2.16. The van der Waals surface area contributed by atoms with Gasteiger partial charge >= 0.3 is 0 Å². The summed E-state index contributed by atoms with van der Waals surface area (Å²) in [6, 6.07) is 7.82. The first-order chi connectivity index (χ1) is 10.0. The lowest BCUT2D eigenvalue weighted by Crippen LogP contribution is -2.22. The molecule has 21 heavy (non-hydrogen) atoms. The van der Waals surface area contributed by atoms with E-state index in [0.29, 0.717) is 10.8 Å². The van der Waals surface area contributed by atoms with Crippen molar-refractivity contribution in [2.75, 3.05) is 19.0 Å². The number of nitrogens with one attached hydrogen (secondary N) is 1. The Hall–Kier alpha value is -1.85. The van der Waals surface area contributed by atoms with E-state index in [1.807, 2.05) is 0 Å². The van der Waals surface area contributed by atoms with Gasteiger partial charge in [0.2, 0.25) is 0 Å².